The van der Waals surface area contributed by atoms with Crippen LogP contribution in [0.1, 0.15) is 0 Å². The molecule has 2 aromatic rings. The molecule has 2 rings (SSSR count). The number of nitrogen functional groups attached to an aromatic ring is 1. The molecule has 0 saturated heterocycles. The van der Waals surface area contributed by atoms with Crippen LogP contribution in [-0.2, 0) is 0 Å². The standard InChI is InChI=1S/C3H4N8/c4-2-5-1-6-11(2)3-7-9-10-8-3/h1H,(H2,4,5,6)(H,7,8,9,10). The highest BCUT2D eigenvalue weighted by Crippen LogP contribution is 1.99. The van der Waals surface area contributed by atoms with Crippen molar-refractivity contribution >= 4 is 5.95 Å². The Bertz CT molecular complexity index is 332. The molecule has 0 aromatic carbocycles. The van der Waals surface area contributed by atoms with Gasteiger partial charge in [0.25, 0.3) is 5.95 Å². The second kappa shape index (κ2) is 2.01. The van der Waals surface area contributed by atoms with Gasteiger partial charge in [0.15, 0.2) is 0 Å². The first kappa shape index (κ1) is 5.77. The zero-order valence-corrected chi connectivity index (χ0v) is 5.34. The highest BCUT2D eigenvalue weighted by Gasteiger charge is 2.05. The summed E-state index contributed by atoms with van der Waals surface area (Å²) in [6, 6.07) is 0. The van der Waals surface area contributed by atoms with Crippen molar-refractivity contribution in [2.75, 3.05) is 5.73 Å². The number of anilines is 1. The molecule has 2 aromatic heterocycles. The van der Waals surface area contributed by atoms with E-state index in [1.807, 2.05) is 0 Å². The van der Waals surface area contributed by atoms with E-state index < -0.39 is 0 Å². The lowest BCUT2D eigenvalue weighted by Gasteiger charge is -1.90. The highest BCUT2D eigenvalue weighted by molar-refractivity contribution is 5.22. The normalized spacial score (nSPS) is 10.2. The maximum atomic E-state index is 5.40. The molecule has 0 fully saturated rings. The maximum Gasteiger partial charge on any atom is 0.293 e. The minimum atomic E-state index is 0.228. The number of aromatic nitrogens is 7. The van der Waals surface area contributed by atoms with E-state index in [4.69, 9.17) is 5.73 Å². The van der Waals surface area contributed by atoms with Crippen LogP contribution in [0.3, 0.4) is 0 Å². The largest absolute Gasteiger partial charge is 0.368 e. The average Bonchev–Trinajstić information content (AvgIpc) is 2.55. The number of nitrogens with zero attached hydrogens (tertiary/aromatic N) is 6. The van der Waals surface area contributed by atoms with Gasteiger partial charge in [0.05, 0.1) is 0 Å². The second-order valence-electron chi connectivity index (χ2n) is 1.74. The SMILES string of the molecule is Nc1ncnn1-c1nn[nH]n1. The molecule has 0 aliphatic heterocycles. The summed E-state index contributed by atoms with van der Waals surface area (Å²) in [6.45, 7) is 0. The third kappa shape index (κ3) is 0.801. The van der Waals surface area contributed by atoms with Crippen LogP contribution in [0, 0.1) is 0 Å². The van der Waals surface area contributed by atoms with E-state index in [1.54, 1.807) is 0 Å². The molecule has 3 N–H and O–H groups in total. The molecule has 0 atom stereocenters. The average molecular weight is 152 g/mol. The minimum absolute atomic E-state index is 0.228. The van der Waals surface area contributed by atoms with Crippen LogP contribution in [0.5, 0.6) is 0 Å². The number of hydrogen-bond acceptors (Lipinski definition) is 6. The number of nitrogens with two attached hydrogens (primary N) is 1. The monoisotopic (exact) mass is 152 g/mol. The van der Waals surface area contributed by atoms with Gasteiger partial charge in [-0.3, -0.25) is 0 Å². The Hall–Kier alpha value is -1.99. The van der Waals surface area contributed by atoms with E-state index in [0.29, 0.717) is 0 Å². The summed E-state index contributed by atoms with van der Waals surface area (Å²) in [5.74, 6) is 0.506. The molecule has 0 unspecified atom stereocenters. The Labute approximate surface area is 60.4 Å². The molecular weight excluding hydrogens is 148 g/mol. The lowest BCUT2D eigenvalue weighted by atomic mass is 10.9. The second-order valence-corrected chi connectivity index (χ2v) is 1.74. The van der Waals surface area contributed by atoms with Crippen LogP contribution in [0.2, 0.25) is 0 Å². The summed E-state index contributed by atoms with van der Waals surface area (Å²) in [4.78, 5) is 3.68. The highest BCUT2D eigenvalue weighted by atomic mass is 15.6. The molecule has 56 valence electrons. The molecule has 0 amide bonds. The van der Waals surface area contributed by atoms with E-state index >= 15 is 0 Å². The number of H-pyrrole nitrogens is 1. The van der Waals surface area contributed by atoms with Gasteiger partial charge in [-0.2, -0.15) is 20.0 Å². The fourth-order valence-corrected chi connectivity index (χ4v) is 0.651. The Morgan fingerprint density at radius 1 is 1.55 bits per heavy atom. The van der Waals surface area contributed by atoms with E-state index in [-0.39, 0.29) is 11.9 Å². The predicted molar refractivity (Wildman–Crippen MR) is 33.5 cm³/mol. The molecule has 0 aliphatic rings. The number of nitrogens with one attached hydrogen (secondary N) is 1. The maximum absolute atomic E-state index is 5.40. The fraction of sp³-hybridized carbons (Fsp3) is 0. The van der Waals surface area contributed by atoms with E-state index in [0.717, 1.165) is 0 Å². The van der Waals surface area contributed by atoms with Crippen LogP contribution in [0.4, 0.5) is 5.95 Å². The van der Waals surface area contributed by atoms with Crippen LogP contribution in [-0.4, -0.2) is 35.4 Å². The Kier molecular flexibility index (Phi) is 1.05. The molecule has 0 spiro atoms. The lowest BCUT2D eigenvalue weighted by Crippen LogP contribution is -2.04. The molecule has 8 heteroatoms. The van der Waals surface area contributed by atoms with E-state index in [1.165, 1.54) is 11.0 Å². The van der Waals surface area contributed by atoms with Gasteiger partial charge in [-0.05, 0) is 5.21 Å². The summed E-state index contributed by atoms with van der Waals surface area (Å²) in [7, 11) is 0. The van der Waals surface area contributed by atoms with Crippen molar-refractivity contribution in [2.24, 2.45) is 0 Å². The first-order valence-electron chi connectivity index (χ1n) is 2.77. The summed E-state index contributed by atoms with van der Waals surface area (Å²) in [6.07, 6.45) is 1.31. The van der Waals surface area contributed by atoms with Gasteiger partial charge in [-0.25, -0.2) is 0 Å². The quantitative estimate of drug-likeness (QED) is 0.507. The summed E-state index contributed by atoms with van der Waals surface area (Å²) < 4.78 is 1.27. The molecular formula is C3H4N8. The molecule has 0 aliphatic carbocycles. The van der Waals surface area contributed by atoms with Crippen LogP contribution < -0.4 is 5.73 Å². The Morgan fingerprint density at radius 2 is 2.45 bits per heavy atom. The van der Waals surface area contributed by atoms with Crippen LogP contribution in [0.25, 0.3) is 5.95 Å². The molecule has 0 radical (unpaired) electrons. The topological polar surface area (TPSA) is 111 Å². The van der Waals surface area contributed by atoms with Gasteiger partial charge in [0.1, 0.15) is 6.33 Å². The first-order chi connectivity index (χ1) is 5.38. The van der Waals surface area contributed by atoms with Gasteiger partial charge in [0, 0.05) is 0 Å². The molecule has 8 nitrogen and oxygen atoms in total. The predicted octanol–water partition coefficient (Wildman–Crippen LogP) is -1.64. The van der Waals surface area contributed by atoms with Gasteiger partial charge < -0.3 is 5.73 Å². The van der Waals surface area contributed by atoms with Crippen LogP contribution in [0.15, 0.2) is 6.33 Å². The summed E-state index contributed by atoms with van der Waals surface area (Å²) >= 11 is 0. The first-order valence-corrected chi connectivity index (χ1v) is 2.77. The smallest absolute Gasteiger partial charge is 0.293 e. The third-order valence-corrected chi connectivity index (χ3v) is 1.10. The molecule has 2 heterocycles. The fourth-order valence-electron chi connectivity index (χ4n) is 0.651. The Morgan fingerprint density at radius 3 is 3.00 bits per heavy atom. The van der Waals surface area contributed by atoms with Crippen molar-refractivity contribution in [3.05, 3.63) is 6.33 Å². The van der Waals surface area contributed by atoms with Crippen molar-refractivity contribution in [3.63, 3.8) is 0 Å². The third-order valence-electron chi connectivity index (χ3n) is 1.10. The van der Waals surface area contributed by atoms with Crippen molar-refractivity contribution in [1.29, 1.82) is 0 Å². The van der Waals surface area contributed by atoms with Gasteiger partial charge >= 0.3 is 0 Å². The molecule has 11 heavy (non-hydrogen) atoms. The number of aromatic amines is 1. The van der Waals surface area contributed by atoms with Crippen molar-refractivity contribution in [3.8, 4) is 5.95 Å². The van der Waals surface area contributed by atoms with Gasteiger partial charge in [0.2, 0.25) is 5.95 Å². The number of hydrogen-bond donors (Lipinski definition) is 2. The number of rotatable bonds is 1. The van der Waals surface area contributed by atoms with Crippen molar-refractivity contribution in [1.82, 2.24) is 35.4 Å². The summed E-state index contributed by atoms with van der Waals surface area (Å²) in [5.41, 5.74) is 5.40. The zero-order valence-electron chi connectivity index (χ0n) is 5.34. The van der Waals surface area contributed by atoms with Crippen molar-refractivity contribution < 1.29 is 0 Å². The Balaban J connectivity index is 2.53. The van der Waals surface area contributed by atoms with Gasteiger partial charge in [-0.15, -0.1) is 5.10 Å². The molecule has 0 bridgehead atoms. The lowest BCUT2D eigenvalue weighted by molar-refractivity contribution is 0.821. The number of tetrazole rings is 1. The summed E-state index contributed by atoms with van der Waals surface area (Å²) in [5, 5.41) is 16.7. The van der Waals surface area contributed by atoms with E-state index in [2.05, 4.69) is 30.7 Å². The van der Waals surface area contributed by atoms with Gasteiger partial charge in [-0.1, -0.05) is 5.10 Å². The van der Waals surface area contributed by atoms with E-state index in [9.17, 15) is 0 Å². The molecule has 0 saturated carbocycles. The van der Waals surface area contributed by atoms with Crippen LogP contribution >= 0.6 is 0 Å². The minimum Gasteiger partial charge on any atom is -0.368 e. The zero-order chi connectivity index (χ0) is 7.68. The van der Waals surface area contributed by atoms with Crippen molar-refractivity contribution in [2.45, 2.75) is 0 Å².